The van der Waals surface area contributed by atoms with E-state index < -0.39 is 0 Å². The lowest BCUT2D eigenvalue weighted by Crippen LogP contribution is -2.38. The molecule has 6 nitrogen and oxygen atoms in total. The predicted octanol–water partition coefficient (Wildman–Crippen LogP) is 4.69. The second kappa shape index (κ2) is 10.8. The van der Waals surface area contributed by atoms with Gasteiger partial charge in [-0.2, -0.15) is 0 Å². The van der Waals surface area contributed by atoms with Crippen molar-refractivity contribution < 1.29 is 18.7 Å². The maximum absolute atomic E-state index is 13.5. The first-order chi connectivity index (χ1) is 17.5. The van der Waals surface area contributed by atoms with Gasteiger partial charge in [-0.05, 0) is 74.0 Å². The van der Waals surface area contributed by atoms with Crippen LogP contribution in [0.15, 0.2) is 54.7 Å². The molecule has 0 N–H and O–H groups in total. The van der Waals surface area contributed by atoms with Gasteiger partial charge in [0.05, 0.1) is 17.6 Å². The number of benzene rings is 2. The molecule has 1 aromatic heterocycles. The largest absolute Gasteiger partial charge is 0.464 e. The van der Waals surface area contributed by atoms with Crippen molar-refractivity contribution in [2.24, 2.45) is 5.92 Å². The molecule has 2 aliphatic heterocycles. The number of hydrogen-bond acceptors (Lipinski definition) is 4. The molecule has 1 amide bonds. The van der Waals surface area contributed by atoms with E-state index in [1.807, 2.05) is 52.1 Å². The number of halogens is 1. The molecule has 0 saturated carbocycles. The standard InChI is InChI=1S/C29H34FN3O3/c1-21(34)36-18-17-32-16-12-25-3-2-4-27(28(25)32)29(35)33-15-9-22(20-33)19-31-13-10-24(11-14-31)23-5-7-26(30)8-6-23/h2-8,12,16,22,24H,9-11,13-15,17-20H2,1H3/t22-/m1/s1. The van der Waals surface area contributed by atoms with Crippen molar-refractivity contribution in [3.63, 3.8) is 0 Å². The lowest BCUT2D eigenvalue weighted by atomic mass is 9.89. The first-order valence-electron chi connectivity index (χ1n) is 13.0. The van der Waals surface area contributed by atoms with Crippen LogP contribution in [0.25, 0.3) is 10.9 Å². The molecule has 2 saturated heterocycles. The minimum atomic E-state index is -0.300. The predicted molar refractivity (Wildman–Crippen MR) is 137 cm³/mol. The van der Waals surface area contributed by atoms with Gasteiger partial charge >= 0.3 is 5.97 Å². The summed E-state index contributed by atoms with van der Waals surface area (Å²) in [5, 5.41) is 1.02. The first-order valence-corrected chi connectivity index (χ1v) is 13.0. The Bertz CT molecular complexity index is 1210. The molecule has 0 aliphatic carbocycles. The third-order valence-corrected chi connectivity index (χ3v) is 7.67. The van der Waals surface area contributed by atoms with Gasteiger partial charge in [0.1, 0.15) is 12.4 Å². The molecule has 2 aliphatic rings. The Morgan fingerprint density at radius 1 is 1.00 bits per heavy atom. The zero-order valence-corrected chi connectivity index (χ0v) is 20.9. The SMILES string of the molecule is CC(=O)OCCn1ccc2cccc(C(=O)N3CC[C@H](CN4CCC(c5ccc(F)cc5)CC4)C3)c21. The number of esters is 1. The number of ether oxygens (including phenoxy) is 1. The van der Waals surface area contributed by atoms with Crippen molar-refractivity contribution in [1.82, 2.24) is 14.4 Å². The second-order valence-corrected chi connectivity index (χ2v) is 10.1. The van der Waals surface area contributed by atoms with Crippen molar-refractivity contribution in [2.45, 2.75) is 38.6 Å². The Labute approximate surface area is 211 Å². The zero-order valence-electron chi connectivity index (χ0n) is 20.9. The van der Waals surface area contributed by atoms with E-state index in [-0.39, 0.29) is 24.3 Å². The van der Waals surface area contributed by atoms with E-state index in [4.69, 9.17) is 4.74 Å². The summed E-state index contributed by atoms with van der Waals surface area (Å²) in [6.07, 6.45) is 5.15. The summed E-state index contributed by atoms with van der Waals surface area (Å²) < 4.78 is 20.4. The number of fused-ring (bicyclic) bond motifs is 1. The molecule has 2 fully saturated rings. The number of piperidine rings is 1. The molecule has 7 heteroatoms. The highest BCUT2D eigenvalue weighted by molar-refractivity contribution is 6.06. The Kier molecular flexibility index (Phi) is 7.37. The third-order valence-electron chi connectivity index (χ3n) is 7.67. The second-order valence-electron chi connectivity index (χ2n) is 10.1. The highest BCUT2D eigenvalue weighted by atomic mass is 19.1. The summed E-state index contributed by atoms with van der Waals surface area (Å²) in [6.45, 7) is 6.86. The number of likely N-dealkylation sites (tertiary alicyclic amines) is 2. The molecule has 0 radical (unpaired) electrons. The van der Waals surface area contributed by atoms with Gasteiger partial charge in [0.2, 0.25) is 0 Å². The molecule has 0 bridgehead atoms. The number of hydrogen-bond donors (Lipinski definition) is 0. The molecule has 0 unspecified atom stereocenters. The molecule has 0 spiro atoms. The number of rotatable bonds is 7. The van der Waals surface area contributed by atoms with Gasteiger partial charge in [-0.25, -0.2) is 4.39 Å². The number of carbonyl (C=O) groups is 2. The van der Waals surface area contributed by atoms with Gasteiger partial charge in [0, 0.05) is 38.1 Å². The molecule has 190 valence electrons. The van der Waals surface area contributed by atoms with Crippen molar-refractivity contribution in [1.29, 1.82) is 0 Å². The molecular formula is C29H34FN3O3. The lowest BCUT2D eigenvalue weighted by molar-refractivity contribution is -0.141. The summed E-state index contributed by atoms with van der Waals surface area (Å²) in [7, 11) is 0. The Hall–Kier alpha value is -3.19. The fraction of sp³-hybridized carbons (Fsp3) is 0.448. The average Bonchev–Trinajstić information content (AvgIpc) is 3.52. The first kappa shape index (κ1) is 24.5. The fourth-order valence-electron chi connectivity index (χ4n) is 5.79. The van der Waals surface area contributed by atoms with Gasteiger partial charge in [-0.15, -0.1) is 0 Å². The van der Waals surface area contributed by atoms with Crippen LogP contribution in [-0.4, -0.2) is 65.6 Å². The molecule has 3 aromatic rings. The van der Waals surface area contributed by atoms with Crippen molar-refractivity contribution in [3.05, 3.63) is 71.7 Å². The minimum absolute atomic E-state index is 0.0746. The third kappa shape index (κ3) is 5.46. The molecule has 2 aromatic carbocycles. The van der Waals surface area contributed by atoms with Gasteiger partial charge < -0.3 is 19.1 Å². The zero-order chi connectivity index (χ0) is 25.1. The highest BCUT2D eigenvalue weighted by Gasteiger charge is 2.30. The minimum Gasteiger partial charge on any atom is -0.464 e. The number of amides is 1. The molecule has 5 rings (SSSR count). The Morgan fingerprint density at radius 2 is 1.78 bits per heavy atom. The molecular weight excluding hydrogens is 457 g/mol. The van der Waals surface area contributed by atoms with Crippen LogP contribution in [-0.2, 0) is 16.1 Å². The van der Waals surface area contributed by atoms with Gasteiger partial charge in [0.15, 0.2) is 0 Å². The van der Waals surface area contributed by atoms with E-state index in [2.05, 4.69) is 4.90 Å². The van der Waals surface area contributed by atoms with E-state index in [9.17, 15) is 14.0 Å². The smallest absolute Gasteiger partial charge is 0.302 e. The maximum Gasteiger partial charge on any atom is 0.302 e. The normalized spacial score (nSPS) is 19.2. The van der Waals surface area contributed by atoms with Crippen LogP contribution in [0.1, 0.15) is 48.0 Å². The van der Waals surface area contributed by atoms with Crippen LogP contribution in [0, 0.1) is 11.7 Å². The number of carbonyl (C=O) groups excluding carboxylic acids is 2. The van der Waals surface area contributed by atoms with Crippen LogP contribution in [0.3, 0.4) is 0 Å². The Balaban J connectivity index is 1.17. The molecule has 1 atom stereocenters. The molecule has 36 heavy (non-hydrogen) atoms. The topological polar surface area (TPSA) is 54.8 Å². The van der Waals surface area contributed by atoms with Crippen LogP contribution in [0.5, 0.6) is 0 Å². The Morgan fingerprint density at radius 3 is 2.53 bits per heavy atom. The van der Waals surface area contributed by atoms with Gasteiger partial charge in [0.25, 0.3) is 5.91 Å². The van der Waals surface area contributed by atoms with E-state index in [1.54, 1.807) is 12.1 Å². The number of aromatic nitrogens is 1. The maximum atomic E-state index is 13.5. The highest BCUT2D eigenvalue weighted by Crippen LogP contribution is 2.30. The van der Waals surface area contributed by atoms with Gasteiger partial charge in [-0.1, -0.05) is 24.3 Å². The number of nitrogens with zero attached hydrogens (tertiary/aromatic N) is 3. The van der Waals surface area contributed by atoms with Gasteiger partial charge in [-0.3, -0.25) is 9.59 Å². The van der Waals surface area contributed by atoms with E-state index in [0.29, 0.717) is 23.9 Å². The van der Waals surface area contributed by atoms with Crippen LogP contribution in [0.2, 0.25) is 0 Å². The van der Waals surface area contributed by atoms with Crippen molar-refractivity contribution in [3.8, 4) is 0 Å². The number of para-hydroxylation sites is 1. The van der Waals surface area contributed by atoms with E-state index in [1.165, 1.54) is 12.5 Å². The van der Waals surface area contributed by atoms with Crippen molar-refractivity contribution >= 4 is 22.8 Å². The van der Waals surface area contributed by atoms with E-state index in [0.717, 1.165) is 62.9 Å². The molecule has 3 heterocycles. The summed E-state index contributed by atoms with van der Waals surface area (Å²) in [6, 6.07) is 14.8. The van der Waals surface area contributed by atoms with E-state index >= 15 is 0 Å². The average molecular weight is 492 g/mol. The summed E-state index contributed by atoms with van der Waals surface area (Å²) in [5.74, 6) is 0.575. The lowest BCUT2D eigenvalue weighted by Gasteiger charge is -2.33. The van der Waals surface area contributed by atoms with Crippen molar-refractivity contribution in [2.75, 3.05) is 39.3 Å². The quantitative estimate of drug-likeness (QED) is 0.450. The van der Waals surface area contributed by atoms with Crippen LogP contribution in [0.4, 0.5) is 4.39 Å². The monoisotopic (exact) mass is 491 g/mol. The van der Waals surface area contributed by atoms with Crippen LogP contribution >= 0.6 is 0 Å². The summed E-state index contributed by atoms with van der Waals surface area (Å²) >= 11 is 0. The summed E-state index contributed by atoms with van der Waals surface area (Å²) in [4.78, 5) is 29.2. The van der Waals surface area contributed by atoms with Crippen LogP contribution < -0.4 is 0 Å². The fourth-order valence-corrected chi connectivity index (χ4v) is 5.79. The summed E-state index contributed by atoms with van der Waals surface area (Å²) in [5.41, 5.74) is 2.85.